The van der Waals surface area contributed by atoms with E-state index < -0.39 is 0 Å². The molecule has 0 bridgehead atoms. The first-order chi connectivity index (χ1) is 8.99. The SMILES string of the molecule is Cc1nn(C)c(C)c1CNC(C)c1cccc(Br)c1. The Morgan fingerprint density at radius 2 is 2.11 bits per heavy atom. The van der Waals surface area contributed by atoms with Gasteiger partial charge < -0.3 is 5.32 Å². The first kappa shape index (κ1) is 14.3. The Morgan fingerprint density at radius 3 is 2.68 bits per heavy atom. The van der Waals surface area contributed by atoms with Crippen LogP contribution in [0.25, 0.3) is 0 Å². The predicted octanol–water partition coefficient (Wildman–Crippen LogP) is 3.65. The van der Waals surface area contributed by atoms with Gasteiger partial charge in [0.05, 0.1) is 5.69 Å². The average molecular weight is 322 g/mol. The molecule has 1 atom stereocenters. The lowest BCUT2D eigenvalue weighted by Gasteiger charge is -2.15. The van der Waals surface area contributed by atoms with Gasteiger partial charge in [0.25, 0.3) is 0 Å². The highest BCUT2D eigenvalue weighted by atomic mass is 79.9. The van der Waals surface area contributed by atoms with Gasteiger partial charge in [-0.3, -0.25) is 4.68 Å². The quantitative estimate of drug-likeness (QED) is 0.931. The Bertz CT molecular complexity index is 575. The Kier molecular flexibility index (Phi) is 4.42. The van der Waals surface area contributed by atoms with E-state index in [2.05, 4.69) is 65.3 Å². The van der Waals surface area contributed by atoms with Crippen LogP contribution >= 0.6 is 15.9 Å². The molecule has 0 spiro atoms. The molecule has 0 aliphatic carbocycles. The lowest BCUT2D eigenvalue weighted by molar-refractivity contribution is 0.571. The van der Waals surface area contributed by atoms with Gasteiger partial charge in [0, 0.05) is 35.4 Å². The second-order valence-corrected chi connectivity index (χ2v) is 5.85. The summed E-state index contributed by atoms with van der Waals surface area (Å²) in [7, 11) is 1.99. The summed E-state index contributed by atoms with van der Waals surface area (Å²) in [6.45, 7) is 7.20. The van der Waals surface area contributed by atoms with E-state index in [-0.39, 0.29) is 0 Å². The van der Waals surface area contributed by atoms with Crippen LogP contribution in [-0.4, -0.2) is 9.78 Å². The molecule has 4 heteroatoms. The van der Waals surface area contributed by atoms with Crippen LogP contribution in [0, 0.1) is 13.8 Å². The number of aryl methyl sites for hydroxylation is 2. The van der Waals surface area contributed by atoms with E-state index in [0.717, 1.165) is 16.7 Å². The molecule has 3 nitrogen and oxygen atoms in total. The van der Waals surface area contributed by atoms with E-state index in [1.807, 2.05) is 17.8 Å². The smallest absolute Gasteiger partial charge is 0.0641 e. The zero-order valence-corrected chi connectivity index (χ0v) is 13.5. The largest absolute Gasteiger partial charge is 0.306 e. The van der Waals surface area contributed by atoms with E-state index in [9.17, 15) is 0 Å². The molecule has 19 heavy (non-hydrogen) atoms. The van der Waals surface area contributed by atoms with Gasteiger partial charge in [0.2, 0.25) is 0 Å². The lowest BCUT2D eigenvalue weighted by atomic mass is 10.1. The van der Waals surface area contributed by atoms with Crippen LogP contribution in [0.3, 0.4) is 0 Å². The van der Waals surface area contributed by atoms with Crippen LogP contribution in [0.2, 0.25) is 0 Å². The molecule has 0 saturated heterocycles. The number of rotatable bonds is 4. The highest BCUT2D eigenvalue weighted by molar-refractivity contribution is 9.10. The van der Waals surface area contributed by atoms with E-state index in [0.29, 0.717) is 6.04 Å². The van der Waals surface area contributed by atoms with E-state index >= 15 is 0 Å². The summed E-state index contributed by atoms with van der Waals surface area (Å²) in [6.07, 6.45) is 0. The van der Waals surface area contributed by atoms with Gasteiger partial charge in [-0.2, -0.15) is 5.10 Å². The van der Waals surface area contributed by atoms with Gasteiger partial charge in [-0.1, -0.05) is 28.1 Å². The van der Waals surface area contributed by atoms with Crippen LogP contribution in [0.5, 0.6) is 0 Å². The molecule has 1 aromatic heterocycles. The van der Waals surface area contributed by atoms with Crippen molar-refractivity contribution >= 4 is 15.9 Å². The fourth-order valence-electron chi connectivity index (χ4n) is 2.22. The third-order valence-electron chi connectivity index (χ3n) is 3.59. The summed E-state index contributed by atoms with van der Waals surface area (Å²) >= 11 is 3.51. The second kappa shape index (κ2) is 5.88. The monoisotopic (exact) mass is 321 g/mol. The molecule has 2 aromatic rings. The molecule has 1 aromatic carbocycles. The third kappa shape index (κ3) is 3.25. The van der Waals surface area contributed by atoms with Crippen LogP contribution in [0.4, 0.5) is 0 Å². The van der Waals surface area contributed by atoms with Crippen molar-refractivity contribution in [3.05, 3.63) is 51.3 Å². The van der Waals surface area contributed by atoms with E-state index in [1.54, 1.807) is 0 Å². The lowest BCUT2D eigenvalue weighted by Crippen LogP contribution is -2.18. The fraction of sp³-hybridized carbons (Fsp3) is 0.400. The van der Waals surface area contributed by atoms with E-state index in [1.165, 1.54) is 16.8 Å². The van der Waals surface area contributed by atoms with Gasteiger partial charge in [-0.25, -0.2) is 0 Å². The zero-order valence-electron chi connectivity index (χ0n) is 11.9. The fourth-order valence-corrected chi connectivity index (χ4v) is 2.64. The Morgan fingerprint density at radius 1 is 1.37 bits per heavy atom. The average Bonchev–Trinajstić information content (AvgIpc) is 2.61. The third-order valence-corrected chi connectivity index (χ3v) is 4.09. The van der Waals surface area contributed by atoms with Crippen molar-refractivity contribution in [2.75, 3.05) is 0 Å². The van der Waals surface area contributed by atoms with Gasteiger partial charge in [-0.05, 0) is 38.5 Å². The van der Waals surface area contributed by atoms with Crippen LogP contribution in [-0.2, 0) is 13.6 Å². The molecular formula is C15H20BrN3. The molecular weight excluding hydrogens is 302 g/mol. The first-order valence-corrected chi connectivity index (χ1v) is 7.26. The predicted molar refractivity (Wildman–Crippen MR) is 82.1 cm³/mol. The summed E-state index contributed by atoms with van der Waals surface area (Å²) in [4.78, 5) is 0. The molecule has 102 valence electrons. The van der Waals surface area contributed by atoms with Gasteiger partial charge in [0.1, 0.15) is 0 Å². The number of halogens is 1. The molecule has 1 heterocycles. The molecule has 1 unspecified atom stereocenters. The number of nitrogens with zero attached hydrogens (tertiary/aromatic N) is 2. The van der Waals surface area contributed by atoms with Crippen molar-refractivity contribution in [1.29, 1.82) is 0 Å². The molecule has 0 fully saturated rings. The van der Waals surface area contributed by atoms with Gasteiger partial charge in [-0.15, -0.1) is 0 Å². The summed E-state index contributed by atoms with van der Waals surface area (Å²) in [5.74, 6) is 0. The maximum absolute atomic E-state index is 4.44. The summed E-state index contributed by atoms with van der Waals surface area (Å²) < 4.78 is 3.06. The highest BCUT2D eigenvalue weighted by Gasteiger charge is 2.11. The maximum Gasteiger partial charge on any atom is 0.0641 e. The van der Waals surface area contributed by atoms with Crippen molar-refractivity contribution in [1.82, 2.24) is 15.1 Å². The zero-order chi connectivity index (χ0) is 14.0. The van der Waals surface area contributed by atoms with Crippen LogP contribution in [0.15, 0.2) is 28.7 Å². The molecule has 0 radical (unpaired) electrons. The summed E-state index contributed by atoms with van der Waals surface area (Å²) in [5.41, 5.74) is 4.92. The number of nitrogens with one attached hydrogen (secondary N) is 1. The number of benzene rings is 1. The Labute approximate surface area is 123 Å². The topological polar surface area (TPSA) is 29.9 Å². The van der Waals surface area contributed by atoms with E-state index in [4.69, 9.17) is 0 Å². The first-order valence-electron chi connectivity index (χ1n) is 6.47. The number of hydrogen-bond donors (Lipinski definition) is 1. The molecule has 0 saturated carbocycles. The maximum atomic E-state index is 4.44. The molecule has 2 rings (SSSR count). The van der Waals surface area contributed by atoms with Crippen molar-refractivity contribution in [2.45, 2.75) is 33.4 Å². The molecule has 0 aliphatic rings. The number of aromatic nitrogens is 2. The highest BCUT2D eigenvalue weighted by Crippen LogP contribution is 2.19. The summed E-state index contributed by atoms with van der Waals surface area (Å²) in [6, 6.07) is 8.73. The molecule has 0 aliphatic heterocycles. The minimum absolute atomic E-state index is 0.316. The van der Waals surface area contributed by atoms with Crippen LogP contribution in [0.1, 0.15) is 35.5 Å². The van der Waals surface area contributed by atoms with Gasteiger partial charge >= 0.3 is 0 Å². The van der Waals surface area contributed by atoms with Crippen molar-refractivity contribution < 1.29 is 0 Å². The van der Waals surface area contributed by atoms with Crippen molar-refractivity contribution in [3.8, 4) is 0 Å². The Hall–Kier alpha value is -1.13. The second-order valence-electron chi connectivity index (χ2n) is 4.93. The summed E-state index contributed by atoms with van der Waals surface area (Å²) in [5, 5.41) is 8.01. The molecule has 1 N–H and O–H groups in total. The number of hydrogen-bond acceptors (Lipinski definition) is 2. The van der Waals surface area contributed by atoms with Crippen LogP contribution < -0.4 is 5.32 Å². The minimum Gasteiger partial charge on any atom is -0.306 e. The normalized spacial score (nSPS) is 12.7. The minimum atomic E-state index is 0.316. The standard InChI is InChI=1S/C15H20BrN3/c1-10(13-6-5-7-14(16)8-13)17-9-15-11(2)18-19(4)12(15)3/h5-8,10,17H,9H2,1-4H3. The van der Waals surface area contributed by atoms with Crippen molar-refractivity contribution in [2.24, 2.45) is 7.05 Å². The van der Waals surface area contributed by atoms with Crippen molar-refractivity contribution in [3.63, 3.8) is 0 Å². The molecule has 0 amide bonds. The Balaban J connectivity index is 2.06. The van der Waals surface area contributed by atoms with Gasteiger partial charge in [0.15, 0.2) is 0 Å².